The summed E-state index contributed by atoms with van der Waals surface area (Å²) in [6.07, 6.45) is 7.48. The van der Waals surface area contributed by atoms with Crippen LogP contribution in [0.25, 0.3) is 10.9 Å². The third-order valence-corrected chi connectivity index (χ3v) is 4.33. The van der Waals surface area contributed by atoms with Gasteiger partial charge in [0.25, 0.3) is 0 Å². The summed E-state index contributed by atoms with van der Waals surface area (Å²) in [5.41, 5.74) is 2.50. The molecule has 116 valence electrons. The van der Waals surface area contributed by atoms with Crippen molar-refractivity contribution >= 4 is 10.9 Å². The number of nitrogens with one attached hydrogen (secondary N) is 1. The van der Waals surface area contributed by atoms with Gasteiger partial charge in [0, 0.05) is 23.5 Å². The lowest BCUT2D eigenvalue weighted by Crippen LogP contribution is -2.47. The summed E-state index contributed by atoms with van der Waals surface area (Å²) in [5, 5.41) is 12.2. The first kappa shape index (κ1) is 16.1. The smallest absolute Gasteiger partial charge is 0.113 e. The minimum atomic E-state index is 0.223. The van der Waals surface area contributed by atoms with Gasteiger partial charge in [-0.15, -0.1) is 0 Å². The zero-order valence-corrected chi connectivity index (χ0v) is 13.4. The fourth-order valence-corrected chi connectivity index (χ4v) is 2.91. The van der Waals surface area contributed by atoms with Gasteiger partial charge in [0.05, 0.1) is 0 Å². The van der Waals surface area contributed by atoms with E-state index in [-0.39, 0.29) is 4.65 Å². The van der Waals surface area contributed by atoms with Crippen LogP contribution in [0.4, 0.5) is 0 Å². The van der Waals surface area contributed by atoms with Crippen molar-refractivity contribution in [2.24, 2.45) is 0 Å². The van der Waals surface area contributed by atoms with E-state index in [1.807, 2.05) is 0 Å². The maximum atomic E-state index is 10.9. The van der Waals surface area contributed by atoms with Crippen molar-refractivity contribution in [3.05, 3.63) is 36.0 Å². The van der Waals surface area contributed by atoms with Crippen molar-refractivity contribution in [1.29, 1.82) is 0 Å². The summed E-state index contributed by atoms with van der Waals surface area (Å²) < 4.78 is 0.223. The quantitative estimate of drug-likeness (QED) is 0.517. The number of benzene rings is 1. The molecule has 3 nitrogen and oxygen atoms in total. The first-order chi connectivity index (χ1) is 10.2. The topological polar surface area (TPSA) is 36.0 Å². The van der Waals surface area contributed by atoms with Gasteiger partial charge in [0.2, 0.25) is 0 Å². The molecule has 2 N–H and O–H groups in total. The Hall–Kier alpha value is -1.32. The second-order valence-corrected chi connectivity index (χ2v) is 6.08. The van der Waals surface area contributed by atoms with Crippen molar-refractivity contribution in [3.8, 4) is 0 Å². The molecule has 0 aliphatic carbocycles. The normalized spacial score (nSPS) is 12.1. The number of rotatable bonds is 9. The molecule has 1 aromatic carbocycles. The minimum absolute atomic E-state index is 0.223. The van der Waals surface area contributed by atoms with E-state index in [2.05, 4.69) is 49.3 Å². The fraction of sp³-hybridized carbons (Fsp3) is 0.556. The van der Waals surface area contributed by atoms with Crippen molar-refractivity contribution in [1.82, 2.24) is 4.98 Å². The molecule has 2 rings (SSSR count). The predicted molar refractivity (Wildman–Crippen MR) is 88.5 cm³/mol. The lowest BCUT2D eigenvalue weighted by atomic mass is 10.1. The van der Waals surface area contributed by atoms with Crippen molar-refractivity contribution in [2.45, 2.75) is 46.0 Å². The zero-order chi connectivity index (χ0) is 15.1. The number of aromatic nitrogens is 1. The highest BCUT2D eigenvalue weighted by molar-refractivity contribution is 5.82. The first-order valence-corrected chi connectivity index (χ1v) is 8.32. The summed E-state index contributed by atoms with van der Waals surface area (Å²) >= 11 is 0. The van der Waals surface area contributed by atoms with Gasteiger partial charge < -0.3 is 4.98 Å². The highest BCUT2D eigenvalue weighted by Crippen LogP contribution is 2.19. The Labute approximate surface area is 128 Å². The number of unbranched alkanes of at least 4 members (excludes halogenated alkanes) is 2. The maximum Gasteiger partial charge on any atom is 0.113 e. The molecule has 0 aliphatic rings. The highest BCUT2D eigenvalue weighted by Gasteiger charge is 2.24. The Bertz CT molecular complexity index is 539. The van der Waals surface area contributed by atoms with Crippen LogP contribution in [0.5, 0.6) is 0 Å². The molecule has 0 saturated carbocycles. The van der Waals surface area contributed by atoms with Crippen LogP contribution < -0.4 is 0 Å². The molecule has 0 radical (unpaired) electrons. The average Bonchev–Trinajstić information content (AvgIpc) is 2.93. The molecule has 3 heteroatoms. The van der Waals surface area contributed by atoms with E-state index in [4.69, 9.17) is 0 Å². The van der Waals surface area contributed by atoms with Crippen LogP contribution in [0.3, 0.4) is 0 Å². The number of fused-ring (bicyclic) bond motifs is 1. The van der Waals surface area contributed by atoms with Gasteiger partial charge in [-0.25, -0.2) is 5.21 Å². The van der Waals surface area contributed by atoms with Crippen molar-refractivity contribution < 1.29 is 9.85 Å². The SMILES string of the molecule is CCCC[N+](O)(CCCC)CCc1c[nH]c2ccccc12. The number of aromatic amines is 1. The van der Waals surface area contributed by atoms with E-state index in [0.717, 1.165) is 51.7 Å². The van der Waals surface area contributed by atoms with E-state index in [1.54, 1.807) is 0 Å². The predicted octanol–water partition coefficient (Wildman–Crippen LogP) is 4.52. The summed E-state index contributed by atoms with van der Waals surface area (Å²) in [4.78, 5) is 3.32. The molecule has 0 atom stereocenters. The van der Waals surface area contributed by atoms with Crippen LogP contribution in [0.15, 0.2) is 30.5 Å². The third-order valence-electron chi connectivity index (χ3n) is 4.33. The standard InChI is InChI=1S/C18H29N2O/c1-3-5-12-20(21,13-6-4-2)14-11-16-15-19-18-10-8-7-9-17(16)18/h7-10,15,19,21H,3-6,11-14H2,1-2H3/q+1. The van der Waals surface area contributed by atoms with Crippen molar-refractivity contribution in [3.63, 3.8) is 0 Å². The van der Waals surface area contributed by atoms with Crippen LogP contribution >= 0.6 is 0 Å². The van der Waals surface area contributed by atoms with Gasteiger partial charge in [-0.3, -0.25) is 0 Å². The number of nitrogens with zero attached hydrogens (tertiary/aromatic N) is 1. The molecule has 0 saturated heterocycles. The van der Waals surface area contributed by atoms with E-state index < -0.39 is 0 Å². The van der Waals surface area contributed by atoms with Crippen LogP contribution in [-0.2, 0) is 6.42 Å². The number of para-hydroxylation sites is 1. The molecule has 0 spiro atoms. The second-order valence-electron chi connectivity index (χ2n) is 6.08. The van der Waals surface area contributed by atoms with E-state index >= 15 is 0 Å². The van der Waals surface area contributed by atoms with Gasteiger partial charge in [0.1, 0.15) is 19.6 Å². The number of hydrogen-bond donors (Lipinski definition) is 2. The molecule has 2 aromatic rings. The van der Waals surface area contributed by atoms with E-state index in [9.17, 15) is 5.21 Å². The molecule has 0 aliphatic heterocycles. The summed E-state index contributed by atoms with van der Waals surface area (Å²) in [7, 11) is 0. The second kappa shape index (κ2) is 7.62. The number of H-pyrrole nitrogens is 1. The number of quaternary nitrogens is 1. The molecule has 1 aromatic heterocycles. The Morgan fingerprint density at radius 2 is 1.67 bits per heavy atom. The Morgan fingerprint density at radius 3 is 2.33 bits per heavy atom. The molecular formula is C18H29N2O+. The van der Waals surface area contributed by atoms with E-state index in [1.165, 1.54) is 16.5 Å². The maximum absolute atomic E-state index is 10.9. The van der Waals surface area contributed by atoms with Gasteiger partial charge in [-0.1, -0.05) is 44.9 Å². The van der Waals surface area contributed by atoms with Gasteiger partial charge in [0.15, 0.2) is 0 Å². The summed E-state index contributed by atoms with van der Waals surface area (Å²) in [5.74, 6) is 0. The van der Waals surface area contributed by atoms with Gasteiger partial charge in [-0.05, 0) is 24.5 Å². The molecule has 0 bridgehead atoms. The first-order valence-electron chi connectivity index (χ1n) is 8.32. The Morgan fingerprint density at radius 1 is 1.00 bits per heavy atom. The highest BCUT2D eigenvalue weighted by atomic mass is 16.5. The molecule has 0 fully saturated rings. The molecule has 1 heterocycles. The Kier molecular flexibility index (Phi) is 5.83. The number of hydrogen-bond acceptors (Lipinski definition) is 1. The third kappa shape index (κ3) is 4.32. The average molecular weight is 289 g/mol. The molecule has 0 unspecified atom stereocenters. The van der Waals surface area contributed by atoms with Crippen LogP contribution in [0, 0.1) is 0 Å². The Balaban J connectivity index is 2.03. The minimum Gasteiger partial charge on any atom is -0.361 e. The lowest BCUT2D eigenvalue weighted by molar-refractivity contribution is -1.10. The summed E-state index contributed by atoms with van der Waals surface area (Å²) in [6, 6.07) is 8.39. The van der Waals surface area contributed by atoms with E-state index in [0.29, 0.717) is 0 Å². The monoisotopic (exact) mass is 289 g/mol. The van der Waals surface area contributed by atoms with Crippen LogP contribution in [-0.4, -0.2) is 34.5 Å². The molecular weight excluding hydrogens is 260 g/mol. The lowest BCUT2D eigenvalue weighted by Gasteiger charge is -2.30. The summed E-state index contributed by atoms with van der Waals surface area (Å²) in [6.45, 7) is 6.92. The van der Waals surface area contributed by atoms with Crippen LogP contribution in [0.1, 0.15) is 45.1 Å². The molecule has 0 amide bonds. The van der Waals surface area contributed by atoms with Crippen LogP contribution in [0.2, 0.25) is 0 Å². The van der Waals surface area contributed by atoms with Crippen molar-refractivity contribution in [2.75, 3.05) is 19.6 Å². The zero-order valence-electron chi connectivity index (χ0n) is 13.4. The molecule has 21 heavy (non-hydrogen) atoms. The number of hydroxylamine groups is 3. The largest absolute Gasteiger partial charge is 0.361 e. The fourth-order valence-electron chi connectivity index (χ4n) is 2.91. The van der Waals surface area contributed by atoms with Gasteiger partial charge in [-0.2, -0.15) is 4.65 Å². The van der Waals surface area contributed by atoms with Gasteiger partial charge >= 0.3 is 0 Å².